The molecule has 0 saturated carbocycles. The van der Waals surface area contributed by atoms with Crippen LogP contribution in [0.15, 0.2) is 22.9 Å². The van der Waals surface area contributed by atoms with Gasteiger partial charge in [0.25, 0.3) is 0 Å². The molecule has 1 aliphatic heterocycles. The van der Waals surface area contributed by atoms with Gasteiger partial charge < -0.3 is 5.73 Å². The molecule has 0 aliphatic carbocycles. The molecule has 84 valence electrons. The van der Waals surface area contributed by atoms with E-state index < -0.39 is 0 Å². The van der Waals surface area contributed by atoms with Crippen LogP contribution >= 0.6 is 34.4 Å². The Morgan fingerprint density at radius 1 is 1.38 bits per heavy atom. The number of fused-ring (bicyclic) bond motifs is 1. The lowest BCUT2D eigenvalue weighted by Crippen LogP contribution is -2.08. The monoisotopic (exact) mass is 267 g/mol. The number of nitrogens with two attached hydrogens (primary N) is 1. The molecule has 2 aromatic heterocycles. The van der Waals surface area contributed by atoms with E-state index in [-0.39, 0.29) is 6.04 Å². The second-order valence-electron chi connectivity index (χ2n) is 3.93. The Hall–Kier alpha value is -0.290. The first-order chi connectivity index (χ1) is 7.84. The van der Waals surface area contributed by atoms with Gasteiger partial charge in [-0.2, -0.15) is 23.1 Å². The maximum absolute atomic E-state index is 6.28. The van der Waals surface area contributed by atoms with Gasteiger partial charge in [-0.05, 0) is 46.2 Å². The normalized spacial score (nSPS) is 17.1. The first-order valence-electron chi connectivity index (χ1n) is 5.31. The molecule has 4 heteroatoms. The lowest BCUT2D eigenvalue weighted by Gasteiger charge is -2.08. The van der Waals surface area contributed by atoms with E-state index in [0.717, 1.165) is 0 Å². The molecule has 16 heavy (non-hydrogen) atoms. The summed E-state index contributed by atoms with van der Waals surface area (Å²) in [5.74, 6) is 2.43. The molecule has 2 aromatic rings. The molecule has 1 unspecified atom stereocenters. The molecular formula is C12H13NS3. The molecule has 1 atom stereocenters. The Kier molecular flexibility index (Phi) is 3.07. The van der Waals surface area contributed by atoms with Gasteiger partial charge in [0.05, 0.1) is 6.04 Å². The van der Waals surface area contributed by atoms with E-state index in [1.165, 1.54) is 33.9 Å². The summed E-state index contributed by atoms with van der Waals surface area (Å²) in [5.41, 5.74) is 9.05. The third-order valence-electron chi connectivity index (χ3n) is 2.86. The van der Waals surface area contributed by atoms with E-state index in [2.05, 4.69) is 22.9 Å². The van der Waals surface area contributed by atoms with Gasteiger partial charge in [0.2, 0.25) is 0 Å². The lowest BCUT2D eigenvalue weighted by atomic mass is 10.1. The van der Waals surface area contributed by atoms with E-state index in [1.54, 1.807) is 16.2 Å². The van der Waals surface area contributed by atoms with Gasteiger partial charge in [0.15, 0.2) is 0 Å². The Labute approximate surface area is 108 Å². The minimum Gasteiger partial charge on any atom is -0.320 e. The Morgan fingerprint density at radius 3 is 3.06 bits per heavy atom. The van der Waals surface area contributed by atoms with Crippen LogP contribution in [0, 0.1) is 0 Å². The topological polar surface area (TPSA) is 26.0 Å². The zero-order valence-corrected chi connectivity index (χ0v) is 11.3. The average Bonchev–Trinajstić information content (AvgIpc) is 2.97. The van der Waals surface area contributed by atoms with Gasteiger partial charge in [-0.1, -0.05) is 0 Å². The van der Waals surface area contributed by atoms with Gasteiger partial charge >= 0.3 is 0 Å². The van der Waals surface area contributed by atoms with Gasteiger partial charge in [-0.15, -0.1) is 11.3 Å². The largest absolute Gasteiger partial charge is 0.320 e. The van der Waals surface area contributed by atoms with Gasteiger partial charge in [-0.3, -0.25) is 0 Å². The number of rotatable bonds is 2. The maximum atomic E-state index is 6.28. The zero-order chi connectivity index (χ0) is 11.0. The van der Waals surface area contributed by atoms with Crippen LogP contribution in [-0.4, -0.2) is 5.75 Å². The predicted octanol–water partition coefficient (Wildman–Crippen LogP) is 3.65. The second-order valence-corrected chi connectivity index (χ2v) is 6.99. The highest BCUT2D eigenvalue weighted by atomic mass is 32.2. The van der Waals surface area contributed by atoms with Crippen molar-refractivity contribution in [2.45, 2.75) is 18.2 Å². The summed E-state index contributed by atoms with van der Waals surface area (Å²) in [6.45, 7) is 0. The standard InChI is InChI=1S/C12H13NS3/c13-12(8-1-3-14-6-8)11-5-9-7-15-4-2-10(9)16-11/h1,3,5-6,12H,2,4,7,13H2. The molecule has 0 amide bonds. The Morgan fingerprint density at radius 2 is 2.31 bits per heavy atom. The zero-order valence-electron chi connectivity index (χ0n) is 8.81. The highest BCUT2D eigenvalue weighted by Crippen LogP contribution is 2.35. The van der Waals surface area contributed by atoms with Crippen molar-refractivity contribution in [1.29, 1.82) is 0 Å². The number of thioether (sulfide) groups is 1. The smallest absolute Gasteiger partial charge is 0.0654 e. The van der Waals surface area contributed by atoms with Crippen LogP contribution in [0.2, 0.25) is 0 Å². The van der Waals surface area contributed by atoms with Crippen molar-refractivity contribution in [2.24, 2.45) is 5.73 Å². The molecule has 0 fully saturated rings. The first-order valence-corrected chi connectivity index (χ1v) is 8.23. The fraction of sp³-hybridized carbons (Fsp3) is 0.333. The molecule has 1 nitrogen and oxygen atoms in total. The third kappa shape index (κ3) is 1.95. The van der Waals surface area contributed by atoms with Crippen molar-refractivity contribution in [3.8, 4) is 0 Å². The van der Waals surface area contributed by atoms with E-state index in [1.807, 2.05) is 23.1 Å². The van der Waals surface area contributed by atoms with Crippen LogP contribution < -0.4 is 5.73 Å². The molecule has 0 radical (unpaired) electrons. The summed E-state index contributed by atoms with van der Waals surface area (Å²) in [5, 5.41) is 4.25. The minimum atomic E-state index is 0.0758. The number of aryl methyl sites for hydroxylation is 1. The fourth-order valence-electron chi connectivity index (χ4n) is 1.94. The van der Waals surface area contributed by atoms with Crippen molar-refractivity contribution < 1.29 is 0 Å². The van der Waals surface area contributed by atoms with E-state index >= 15 is 0 Å². The summed E-state index contributed by atoms with van der Waals surface area (Å²) >= 11 is 5.65. The van der Waals surface area contributed by atoms with Crippen LogP contribution in [0.1, 0.15) is 26.9 Å². The molecule has 3 heterocycles. The van der Waals surface area contributed by atoms with Crippen LogP contribution in [0.4, 0.5) is 0 Å². The molecule has 1 aliphatic rings. The molecule has 0 aromatic carbocycles. The van der Waals surface area contributed by atoms with Crippen LogP contribution in [0.5, 0.6) is 0 Å². The second kappa shape index (κ2) is 4.53. The summed E-state index contributed by atoms with van der Waals surface area (Å²) in [7, 11) is 0. The summed E-state index contributed by atoms with van der Waals surface area (Å²) in [6.07, 6.45) is 1.22. The highest BCUT2D eigenvalue weighted by Gasteiger charge is 2.18. The van der Waals surface area contributed by atoms with Gasteiger partial charge in [0.1, 0.15) is 0 Å². The molecule has 0 spiro atoms. The molecular weight excluding hydrogens is 254 g/mol. The van der Waals surface area contributed by atoms with Crippen LogP contribution in [-0.2, 0) is 12.2 Å². The SMILES string of the molecule is NC(c1ccsc1)c1cc2c(s1)CCSC2. The minimum absolute atomic E-state index is 0.0758. The number of hydrogen-bond donors (Lipinski definition) is 1. The summed E-state index contributed by atoms with van der Waals surface area (Å²) in [6, 6.07) is 4.52. The number of thiophene rings is 2. The Balaban J connectivity index is 1.92. The van der Waals surface area contributed by atoms with Crippen molar-refractivity contribution in [3.05, 3.63) is 43.8 Å². The third-order valence-corrected chi connectivity index (χ3v) is 5.89. The molecule has 3 rings (SSSR count). The first kappa shape index (κ1) is 10.8. The van der Waals surface area contributed by atoms with Crippen molar-refractivity contribution in [2.75, 3.05) is 5.75 Å². The molecule has 0 saturated heterocycles. The average molecular weight is 267 g/mol. The lowest BCUT2D eigenvalue weighted by molar-refractivity contribution is 0.898. The predicted molar refractivity (Wildman–Crippen MR) is 74.5 cm³/mol. The van der Waals surface area contributed by atoms with Gasteiger partial charge in [-0.25, -0.2) is 0 Å². The molecule has 2 N–H and O–H groups in total. The maximum Gasteiger partial charge on any atom is 0.0654 e. The van der Waals surface area contributed by atoms with Crippen molar-refractivity contribution in [3.63, 3.8) is 0 Å². The Bertz CT molecular complexity index is 449. The van der Waals surface area contributed by atoms with Crippen LogP contribution in [0.3, 0.4) is 0 Å². The van der Waals surface area contributed by atoms with Gasteiger partial charge in [0, 0.05) is 15.5 Å². The fourth-order valence-corrected chi connectivity index (χ4v) is 5.04. The van der Waals surface area contributed by atoms with E-state index in [9.17, 15) is 0 Å². The molecule has 0 bridgehead atoms. The highest BCUT2D eigenvalue weighted by molar-refractivity contribution is 7.98. The van der Waals surface area contributed by atoms with Crippen molar-refractivity contribution in [1.82, 2.24) is 0 Å². The van der Waals surface area contributed by atoms with E-state index in [4.69, 9.17) is 5.73 Å². The van der Waals surface area contributed by atoms with Crippen LogP contribution in [0.25, 0.3) is 0 Å². The van der Waals surface area contributed by atoms with E-state index in [0.29, 0.717) is 0 Å². The van der Waals surface area contributed by atoms with Crippen molar-refractivity contribution >= 4 is 34.4 Å². The summed E-state index contributed by atoms with van der Waals surface area (Å²) in [4.78, 5) is 2.88. The summed E-state index contributed by atoms with van der Waals surface area (Å²) < 4.78 is 0. The quantitative estimate of drug-likeness (QED) is 0.899. The number of hydrogen-bond acceptors (Lipinski definition) is 4.